The highest BCUT2D eigenvalue weighted by Gasteiger charge is 2.32. The smallest absolute Gasteiger partial charge is 0.145 e. The second-order valence-electron chi connectivity index (χ2n) is 7.94. The van der Waals surface area contributed by atoms with E-state index in [9.17, 15) is 5.11 Å². The van der Waals surface area contributed by atoms with Gasteiger partial charge in [0, 0.05) is 34.8 Å². The van der Waals surface area contributed by atoms with E-state index in [2.05, 4.69) is 51.8 Å². The molecule has 0 radical (unpaired) electrons. The van der Waals surface area contributed by atoms with Gasteiger partial charge < -0.3 is 5.11 Å². The van der Waals surface area contributed by atoms with E-state index in [1.807, 2.05) is 30.6 Å². The molecule has 3 heterocycles. The minimum atomic E-state index is -0.215. The van der Waals surface area contributed by atoms with E-state index in [0.29, 0.717) is 0 Å². The summed E-state index contributed by atoms with van der Waals surface area (Å²) in [5.41, 5.74) is 6.06. The van der Waals surface area contributed by atoms with Crippen molar-refractivity contribution < 1.29 is 5.11 Å². The van der Waals surface area contributed by atoms with Crippen molar-refractivity contribution in [2.24, 2.45) is 0 Å². The number of nitrogens with zero attached hydrogens (tertiary/aromatic N) is 4. The second-order valence-corrected chi connectivity index (χ2v) is 7.94. The number of hydrogen-bond donors (Lipinski definition) is 1. The highest BCUT2D eigenvalue weighted by molar-refractivity contribution is 5.85. The van der Waals surface area contributed by atoms with Crippen LogP contribution in [-0.4, -0.2) is 30.6 Å². The Bertz CT molecular complexity index is 1370. The lowest BCUT2D eigenvalue weighted by atomic mass is 9.80. The maximum absolute atomic E-state index is 9.76. The molecule has 1 aliphatic rings. The van der Waals surface area contributed by atoms with E-state index in [1.54, 1.807) is 6.20 Å². The van der Waals surface area contributed by atoms with Crippen LogP contribution in [-0.2, 0) is 0 Å². The van der Waals surface area contributed by atoms with E-state index in [0.717, 1.165) is 57.6 Å². The third-order valence-corrected chi connectivity index (χ3v) is 5.99. The van der Waals surface area contributed by atoms with Crippen molar-refractivity contribution in [1.82, 2.24) is 19.4 Å². The van der Waals surface area contributed by atoms with Gasteiger partial charge >= 0.3 is 0 Å². The zero-order chi connectivity index (χ0) is 20.1. The molecule has 3 aromatic heterocycles. The highest BCUT2D eigenvalue weighted by atomic mass is 16.3. The maximum atomic E-state index is 9.76. The SMILES string of the molecule is OC1CC(c2nc(-c3ccc4ccc(-c5ccccc5)nc4c3)n3ccncc23)C1. The van der Waals surface area contributed by atoms with Crippen LogP contribution in [0.5, 0.6) is 0 Å². The summed E-state index contributed by atoms with van der Waals surface area (Å²) in [6, 6.07) is 20.7. The first-order valence-corrected chi connectivity index (χ1v) is 10.2. The van der Waals surface area contributed by atoms with Crippen LogP contribution in [0.15, 0.2) is 79.3 Å². The van der Waals surface area contributed by atoms with Gasteiger partial charge in [0.2, 0.25) is 0 Å². The number of imidazole rings is 1. The lowest BCUT2D eigenvalue weighted by molar-refractivity contribution is 0.0738. The Balaban J connectivity index is 1.49. The minimum Gasteiger partial charge on any atom is -0.393 e. The predicted octanol–water partition coefficient (Wildman–Crippen LogP) is 4.85. The van der Waals surface area contributed by atoms with Crippen molar-refractivity contribution in [2.45, 2.75) is 24.9 Å². The van der Waals surface area contributed by atoms with Gasteiger partial charge in [-0.25, -0.2) is 9.97 Å². The van der Waals surface area contributed by atoms with Gasteiger partial charge in [-0.1, -0.05) is 48.5 Å². The molecule has 0 aliphatic heterocycles. The molecule has 5 nitrogen and oxygen atoms in total. The molecule has 0 amide bonds. The molecule has 0 unspecified atom stereocenters. The summed E-state index contributed by atoms with van der Waals surface area (Å²) in [6.07, 6.45) is 6.91. The molecule has 0 atom stereocenters. The fraction of sp³-hybridized carbons (Fsp3) is 0.160. The fourth-order valence-corrected chi connectivity index (χ4v) is 4.30. The molecule has 5 heteroatoms. The number of aliphatic hydroxyl groups excluding tert-OH is 1. The zero-order valence-corrected chi connectivity index (χ0v) is 16.3. The fourth-order valence-electron chi connectivity index (χ4n) is 4.30. The molecule has 5 aromatic rings. The summed E-state index contributed by atoms with van der Waals surface area (Å²) in [4.78, 5) is 14.2. The average molecular weight is 392 g/mol. The van der Waals surface area contributed by atoms with E-state index in [4.69, 9.17) is 9.97 Å². The Labute approximate surface area is 173 Å². The predicted molar refractivity (Wildman–Crippen MR) is 117 cm³/mol. The van der Waals surface area contributed by atoms with Crippen LogP contribution in [0.3, 0.4) is 0 Å². The Kier molecular flexibility index (Phi) is 3.89. The molecule has 0 saturated heterocycles. The first-order chi connectivity index (χ1) is 14.8. The van der Waals surface area contributed by atoms with Crippen LogP contribution in [0.4, 0.5) is 0 Å². The highest BCUT2D eigenvalue weighted by Crippen LogP contribution is 2.39. The maximum Gasteiger partial charge on any atom is 0.145 e. The summed E-state index contributed by atoms with van der Waals surface area (Å²) in [5.74, 6) is 1.17. The second kappa shape index (κ2) is 6.75. The molecule has 1 saturated carbocycles. The molecule has 0 spiro atoms. The largest absolute Gasteiger partial charge is 0.393 e. The molecular weight excluding hydrogens is 372 g/mol. The van der Waals surface area contributed by atoms with Gasteiger partial charge in [0.05, 0.1) is 34.7 Å². The Morgan fingerprint density at radius 3 is 2.57 bits per heavy atom. The monoisotopic (exact) mass is 392 g/mol. The van der Waals surface area contributed by atoms with E-state index in [-0.39, 0.29) is 12.0 Å². The van der Waals surface area contributed by atoms with Crippen molar-refractivity contribution in [2.75, 3.05) is 0 Å². The van der Waals surface area contributed by atoms with Crippen LogP contribution in [0.25, 0.3) is 39.1 Å². The average Bonchev–Trinajstić information content (AvgIpc) is 3.16. The van der Waals surface area contributed by atoms with Crippen molar-refractivity contribution in [3.63, 3.8) is 0 Å². The van der Waals surface area contributed by atoms with Crippen LogP contribution in [0.2, 0.25) is 0 Å². The molecular formula is C25H20N4O. The third kappa shape index (κ3) is 2.78. The number of aliphatic hydroxyl groups is 1. The standard InChI is InChI=1S/C25H20N4O/c30-20-12-19(13-20)24-23-15-26-10-11-29(23)25(28-24)18-7-6-17-8-9-21(27-22(17)14-18)16-4-2-1-3-5-16/h1-11,14-15,19-20,30H,12-13H2. The summed E-state index contributed by atoms with van der Waals surface area (Å²) < 4.78 is 2.09. The van der Waals surface area contributed by atoms with Crippen molar-refractivity contribution in [3.8, 4) is 22.6 Å². The molecule has 1 fully saturated rings. The Hall–Kier alpha value is -3.57. The Morgan fingerprint density at radius 2 is 1.73 bits per heavy atom. The molecule has 6 rings (SSSR count). The van der Waals surface area contributed by atoms with Gasteiger partial charge in [-0.15, -0.1) is 0 Å². The van der Waals surface area contributed by atoms with Crippen LogP contribution in [0.1, 0.15) is 24.5 Å². The van der Waals surface area contributed by atoms with Crippen LogP contribution in [0, 0.1) is 0 Å². The van der Waals surface area contributed by atoms with Crippen molar-refractivity contribution in [1.29, 1.82) is 0 Å². The Morgan fingerprint density at radius 1 is 0.900 bits per heavy atom. The number of rotatable bonds is 3. The molecule has 0 bridgehead atoms. The van der Waals surface area contributed by atoms with E-state index >= 15 is 0 Å². The quantitative estimate of drug-likeness (QED) is 0.477. The first kappa shape index (κ1) is 17.3. The van der Waals surface area contributed by atoms with Crippen LogP contribution >= 0.6 is 0 Å². The lowest BCUT2D eigenvalue weighted by Gasteiger charge is -2.30. The van der Waals surface area contributed by atoms with Crippen molar-refractivity contribution >= 4 is 16.4 Å². The normalized spacial score (nSPS) is 18.6. The molecule has 1 N–H and O–H groups in total. The summed E-state index contributed by atoms with van der Waals surface area (Å²) in [7, 11) is 0. The molecule has 2 aromatic carbocycles. The number of hydrogen-bond acceptors (Lipinski definition) is 4. The van der Waals surface area contributed by atoms with Gasteiger partial charge in [0.1, 0.15) is 5.82 Å². The van der Waals surface area contributed by atoms with Gasteiger partial charge in [0.15, 0.2) is 0 Å². The van der Waals surface area contributed by atoms with Crippen molar-refractivity contribution in [3.05, 3.63) is 84.9 Å². The number of aromatic nitrogens is 4. The summed E-state index contributed by atoms with van der Waals surface area (Å²) in [5, 5.41) is 10.9. The summed E-state index contributed by atoms with van der Waals surface area (Å²) >= 11 is 0. The van der Waals surface area contributed by atoms with Gasteiger partial charge in [0.25, 0.3) is 0 Å². The third-order valence-electron chi connectivity index (χ3n) is 5.99. The number of benzene rings is 2. The molecule has 30 heavy (non-hydrogen) atoms. The number of fused-ring (bicyclic) bond motifs is 2. The summed E-state index contributed by atoms with van der Waals surface area (Å²) in [6.45, 7) is 0. The van der Waals surface area contributed by atoms with Crippen LogP contribution < -0.4 is 0 Å². The van der Waals surface area contributed by atoms with Gasteiger partial charge in [-0.3, -0.25) is 9.38 Å². The number of pyridine rings is 1. The first-order valence-electron chi connectivity index (χ1n) is 10.2. The zero-order valence-electron chi connectivity index (χ0n) is 16.3. The minimum absolute atomic E-state index is 0.215. The topological polar surface area (TPSA) is 63.3 Å². The lowest BCUT2D eigenvalue weighted by Crippen LogP contribution is -2.26. The molecule has 146 valence electrons. The molecule has 1 aliphatic carbocycles. The van der Waals surface area contributed by atoms with Gasteiger partial charge in [-0.05, 0) is 25.0 Å². The van der Waals surface area contributed by atoms with E-state index < -0.39 is 0 Å². The van der Waals surface area contributed by atoms with E-state index in [1.165, 1.54) is 0 Å². The van der Waals surface area contributed by atoms with Gasteiger partial charge in [-0.2, -0.15) is 0 Å².